The molecule has 0 bridgehead atoms. The Labute approximate surface area is 91.8 Å². The van der Waals surface area contributed by atoms with Crippen LogP contribution in [0.25, 0.3) is 4.91 Å². The molecule has 0 atom stereocenters. The van der Waals surface area contributed by atoms with Crippen LogP contribution in [-0.4, -0.2) is 0 Å². The average Bonchev–Trinajstić information content (AvgIpc) is 2.08. The fraction of sp³-hybridized carbons (Fsp3) is 0.231. The van der Waals surface area contributed by atoms with Crippen LogP contribution in [0.1, 0.15) is 23.6 Å². The van der Waals surface area contributed by atoms with Gasteiger partial charge in [-0.05, 0) is 38.0 Å². The van der Waals surface area contributed by atoms with Gasteiger partial charge in [0, 0.05) is 4.91 Å². The van der Waals surface area contributed by atoms with Gasteiger partial charge in [0.15, 0.2) is 0 Å². The Kier molecular flexibility index (Phi) is 3.59. The van der Waals surface area contributed by atoms with E-state index in [4.69, 9.17) is 0 Å². The van der Waals surface area contributed by atoms with E-state index in [1.807, 2.05) is 13.0 Å². The van der Waals surface area contributed by atoms with Crippen molar-refractivity contribution >= 4 is 17.5 Å². The first-order valence-electron chi connectivity index (χ1n) is 4.64. The first kappa shape index (κ1) is 11.1. The lowest BCUT2D eigenvalue weighted by atomic mass is 10.0. The van der Waals surface area contributed by atoms with Crippen LogP contribution in [0.3, 0.4) is 0 Å². The third-order valence-electron chi connectivity index (χ3n) is 2.05. The minimum absolute atomic E-state index is 0.985. The van der Waals surface area contributed by atoms with Crippen molar-refractivity contribution in [2.45, 2.75) is 20.8 Å². The Morgan fingerprint density at radius 1 is 1.36 bits per heavy atom. The van der Waals surface area contributed by atoms with Gasteiger partial charge in [-0.25, -0.2) is 0 Å². The van der Waals surface area contributed by atoms with Gasteiger partial charge in [-0.2, -0.15) is 0 Å². The molecule has 0 fully saturated rings. The van der Waals surface area contributed by atoms with Gasteiger partial charge >= 0.3 is 0 Å². The highest BCUT2D eigenvalue weighted by molar-refractivity contribution is 7.90. The van der Waals surface area contributed by atoms with Crippen molar-refractivity contribution in [1.82, 2.24) is 0 Å². The number of thiol groups is 1. The molecule has 0 saturated carbocycles. The first-order chi connectivity index (χ1) is 6.50. The van der Waals surface area contributed by atoms with E-state index < -0.39 is 0 Å². The van der Waals surface area contributed by atoms with E-state index in [1.165, 1.54) is 16.7 Å². The van der Waals surface area contributed by atoms with Crippen molar-refractivity contribution < 1.29 is 0 Å². The van der Waals surface area contributed by atoms with Gasteiger partial charge in [-0.1, -0.05) is 35.9 Å². The zero-order chi connectivity index (χ0) is 10.7. The summed E-state index contributed by atoms with van der Waals surface area (Å²) in [6, 6.07) is 6.38. The molecule has 1 aromatic rings. The van der Waals surface area contributed by atoms with Crippen LogP contribution in [0.2, 0.25) is 0 Å². The SMILES string of the molecule is C=C(C)/C=C(/S)c1cc(C)ccc1C. The van der Waals surface area contributed by atoms with Crippen molar-refractivity contribution in [1.29, 1.82) is 0 Å². The lowest BCUT2D eigenvalue weighted by molar-refractivity contribution is 1.37. The topological polar surface area (TPSA) is 0 Å². The number of hydrogen-bond acceptors (Lipinski definition) is 1. The summed E-state index contributed by atoms with van der Waals surface area (Å²) in [5, 5.41) is 0. The van der Waals surface area contributed by atoms with Gasteiger partial charge in [-0.15, -0.1) is 12.6 Å². The highest BCUT2D eigenvalue weighted by atomic mass is 32.1. The second kappa shape index (κ2) is 4.52. The molecule has 0 spiro atoms. The molecule has 0 nitrogen and oxygen atoms in total. The number of allylic oxidation sites excluding steroid dienone is 2. The Hall–Kier alpha value is -0.950. The molecule has 0 aliphatic heterocycles. The maximum absolute atomic E-state index is 4.48. The Morgan fingerprint density at radius 2 is 2.00 bits per heavy atom. The van der Waals surface area contributed by atoms with Gasteiger partial charge in [-0.3, -0.25) is 0 Å². The molecule has 1 aromatic carbocycles. The maximum atomic E-state index is 4.48. The fourth-order valence-electron chi connectivity index (χ4n) is 1.32. The minimum atomic E-state index is 0.985. The number of aryl methyl sites for hydroxylation is 2. The zero-order valence-corrected chi connectivity index (χ0v) is 9.86. The summed E-state index contributed by atoms with van der Waals surface area (Å²) in [6.45, 7) is 10.0. The lowest BCUT2D eigenvalue weighted by Crippen LogP contribution is -1.85. The molecule has 14 heavy (non-hydrogen) atoms. The normalized spacial score (nSPS) is 11.6. The van der Waals surface area contributed by atoms with Gasteiger partial charge in [0.2, 0.25) is 0 Å². The van der Waals surface area contributed by atoms with E-state index in [2.05, 4.69) is 51.3 Å². The van der Waals surface area contributed by atoms with Gasteiger partial charge in [0.25, 0.3) is 0 Å². The molecule has 0 heterocycles. The van der Waals surface area contributed by atoms with Gasteiger partial charge in [0.05, 0.1) is 0 Å². The Balaban J connectivity index is 3.18. The Bertz CT molecular complexity index is 386. The predicted molar refractivity (Wildman–Crippen MR) is 67.7 cm³/mol. The highest BCUT2D eigenvalue weighted by Crippen LogP contribution is 2.24. The molecule has 74 valence electrons. The number of hydrogen-bond donors (Lipinski definition) is 1. The third kappa shape index (κ3) is 2.78. The molecular formula is C13H16S. The monoisotopic (exact) mass is 204 g/mol. The predicted octanol–water partition coefficient (Wildman–Crippen LogP) is 4.15. The van der Waals surface area contributed by atoms with Crippen LogP contribution < -0.4 is 0 Å². The summed E-state index contributed by atoms with van der Waals surface area (Å²) >= 11 is 4.48. The molecular weight excluding hydrogens is 188 g/mol. The second-order valence-corrected chi connectivity index (χ2v) is 4.18. The Morgan fingerprint density at radius 3 is 2.57 bits per heavy atom. The standard InChI is InChI=1S/C13H16S/c1-9(2)7-13(14)12-8-10(3)5-6-11(12)4/h5-8,14H,1H2,2-4H3/b13-7+. The highest BCUT2D eigenvalue weighted by Gasteiger charge is 2.01. The molecule has 0 aliphatic rings. The summed E-state index contributed by atoms with van der Waals surface area (Å²) in [6.07, 6.45) is 1.99. The van der Waals surface area contributed by atoms with Crippen LogP contribution in [0, 0.1) is 13.8 Å². The van der Waals surface area contributed by atoms with E-state index in [0.717, 1.165) is 10.5 Å². The van der Waals surface area contributed by atoms with Crippen molar-refractivity contribution in [3.8, 4) is 0 Å². The van der Waals surface area contributed by atoms with E-state index in [9.17, 15) is 0 Å². The van der Waals surface area contributed by atoms with E-state index >= 15 is 0 Å². The minimum Gasteiger partial charge on any atom is -0.143 e. The third-order valence-corrected chi connectivity index (χ3v) is 2.42. The van der Waals surface area contributed by atoms with Crippen molar-refractivity contribution in [2.24, 2.45) is 0 Å². The average molecular weight is 204 g/mol. The second-order valence-electron chi connectivity index (χ2n) is 3.69. The van der Waals surface area contributed by atoms with E-state index in [1.54, 1.807) is 0 Å². The van der Waals surface area contributed by atoms with Crippen molar-refractivity contribution in [3.63, 3.8) is 0 Å². The van der Waals surface area contributed by atoms with Crippen molar-refractivity contribution in [3.05, 3.63) is 53.1 Å². The molecule has 0 aromatic heterocycles. The van der Waals surface area contributed by atoms with Crippen LogP contribution in [0.5, 0.6) is 0 Å². The lowest BCUT2D eigenvalue weighted by Gasteiger charge is -2.06. The number of benzene rings is 1. The molecule has 1 heteroatoms. The number of rotatable bonds is 2. The zero-order valence-electron chi connectivity index (χ0n) is 8.96. The summed E-state index contributed by atoms with van der Waals surface area (Å²) in [4.78, 5) is 0.985. The molecule has 1 rings (SSSR count). The maximum Gasteiger partial charge on any atom is 0.0118 e. The fourth-order valence-corrected chi connectivity index (χ4v) is 1.78. The van der Waals surface area contributed by atoms with Crippen LogP contribution >= 0.6 is 12.6 Å². The van der Waals surface area contributed by atoms with Crippen LogP contribution in [0.4, 0.5) is 0 Å². The molecule has 0 radical (unpaired) electrons. The molecule has 0 amide bonds. The summed E-state index contributed by atoms with van der Waals surface area (Å²) in [7, 11) is 0. The quantitative estimate of drug-likeness (QED) is 0.543. The molecule has 0 unspecified atom stereocenters. The van der Waals surface area contributed by atoms with E-state index in [0.29, 0.717) is 0 Å². The van der Waals surface area contributed by atoms with Crippen LogP contribution in [0.15, 0.2) is 36.4 Å². The largest absolute Gasteiger partial charge is 0.143 e. The molecule has 0 saturated heterocycles. The summed E-state index contributed by atoms with van der Waals surface area (Å²) in [5.41, 5.74) is 4.72. The van der Waals surface area contributed by atoms with Gasteiger partial charge < -0.3 is 0 Å². The van der Waals surface area contributed by atoms with E-state index in [-0.39, 0.29) is 0 Å². The molecule has 0 aliphatic carbocycles. The van der Waals surface area contributed by atoms with Crippen LogP contribution in [-0.2, 0) is 0 Å². The van der Waals surface area contributed by atoms with Crippen molar-refractivity contribution in [2.75, 3.05) is 0 Å². The summed E-state index contributed by atoms with van der Waals surface area (Å²) in [5.74, 6) is 0. The molecule has 0 N–H and O–H groups in total. The van der Waals surface area contributed by atoms with Gasteiger partial charge in [0.1, 0.15) is 0 Å². The summed E-state index contributed by atoms with van der Waals surface area (Å²) < 4.78 is 0. The smallest absolute Gasteiger partial charge is 0.0118 e. The first-order valence-corrected chi connectivity index (χ1v) is 5.09.